The minimum absolute atomic E-state index is 0.317. The van der Waals surface area contributed by atoms with E-state index in [2.05, 4.69) is 0 Å². The van der Waals surface area contributed by atoms with E-state index >= 15 is 0 Å². The fourth-order valence-electron chi connectivity index (χ4n) is 2.57. The number of nitrogens with one attached hydrogen (secondary N) is 1. The van der Waals surface area contributed by atoms with E-state index < -0.39 is 26.6 Å². The number of hydrogen-bond acceptors (Lipinski definition) is 3. The van der Waals surface area contributed by atoms with Gasteiger partial charge in [-0.1, -0.05) is 12.8 Å². The van der Waals surface area contributed by atoms with Crippen molar-refractivity contribution in [2.24, 2.45) is 5.73 Å². The Bertz CT molecular complexity index is 643. The van der Waals surface area contributed by atoms with Crippen molar-refractivity contribution in [2.75, 3.05) is 6.54 Å². The van der Waals surface area contributed by atoms with Crippen LogP contribution >= 0.6 is 0 Å². The Labute approximate surface area is 122 Å². The second-order valence-electron chi connectivity index (χ2n) is 5.09. The Hall–Kier alpha value is -1.54. The van der Waals surface area contributed by atoms with Crippen LogP contribution in [0.4, 0.5) is 8.78 Å². The molecular formula is C13H17F2N3O2S. The van der Waals surface area contributed by atoms with Gasteiger partial charge in [-0.05, 0) is 31.0 Å². The lowest BCUT2D eigenvalue weighted by molar-refractivity contribution is 0.351. The Morgan fingerprint density at radius 1 is 1.33 bits per heavy atom. The summed E-state index contributed by atoms with van der Waals surface area (Å²) in [6.45, 7) is -0.317. The number of benzene rings is 1. The number of sulfonamides is 1. The fraction of sp³-hybridized carbons (Fsp3) is 0.462. The van der Waals surface area contributed by atoms with Gasteiger partial charge >= 0.3 is 0 Å². The average molecular weight is 317 g/mol. The molecule has 0 heterocycles. The SMILES string of the molecule is N=C(N)CN(C1CCCC1)S(=O)(=O)c1cc(F)ccc1F. The molecule has 1 fully saturated rings. The first-order chi connectivity index (χ1) is 9.82. The highest BCUT2D eigenvalue weighted by Gasteiger charge is 2.35. The molecule has 116 valence electrons. The maximum Gasteiger partial charge on any atom is 0.246 e. The standard InChI is InChI=1S/C13H17F2N3O2S/c14-9-5-6-11(15)12(7-9)21(19,20)18(8-13(16)17)10-3-1-2-4-10/h5-7,10H,1-4,8H2,(H3,16,17). The van der Waals surface area contributed by atoms with Gasteiger partial charge in [-0.2, -0.15) is 4.31 Å². The molecule has 0 unspecified atom stereocenters. The summed E-state index contributed by atoms with van der Waals surface area (Å²) in [6.07, 6.45) is 2.98. The predicted molar refractivity (Wildman–Crippen MR) is 74.4 cm³/mol. The van der Waals surface area contributed by atoms with Crippen molar-refractivity contribution in [2.45, 2.75) is 36.6 Å². The highest BCUT2D eigenvalue weighted by atomic mass is 32.2. The molecule has 1 aromatic carbocycles. The van der Waals surface area contributed by atoms with Crippen molar-refractivity contribution in [3.8, 4) is 0 Å². The van der Waals surface area contributed by atoms with E-state index in [4.69, 9.17) is 11.1 Å². The van der Waals surface area contributed by atoms with E-state index in [9.17, 15) is 17.2 Å². The lowest BCUT2D eigenvalue weighted by Gasteiger charge is -2.27. The molecule has 8 heteroatoms. The molecule has 0 radical (unpaired) electrons. The summed E-state index contributed by atoms with van der Waals surface area (Å²) in [6, 6.07) is 1.97. The van der Waals surface area contributed by atoms with E-state index in [1.807, 2.05) is 0 Å². The van der Waals surface area contributed by atoms with Crippen LogP contribution in [0.25, 0.3) is 0 Å². The Morgan fingerprint density at radius 3 is 2.52 bits per heavy atom. The van der Waals surface area contributed by atoms with Gasteiger partial charge in [0.2, 0.25) is 10.0 Å². The molecule has 2 rings (SSSR count). The first kappa shape index (κ1) is 15.8. The van der Waals surface area contributed by atoms with E-state index in [0.29, 0.717) is 18.9 Å². The number of nitrogens with two attached hydrogens (primary N) is 1. The summed E-state index contributed by atoms with van der Waals surface area (Å²) in [5.41, 5.74) is 5.31. The number of hydrogen-bond donors (Lipinski definition) is 2. The van der Waals surface area contributed by atoms with Crippen molar-refractivity contribution in [1.29, 1.82) is 5.41 Å². The van der Waals surface area contributed by atoms with Gasteiger partial charge in [0.05, 0.1) is 6.54 Å². The minimum Gasteiger partial charge on any atom is -0.387 e. The Morgan fingerprint density at radius 2 is 1.95 bits per heavy atom. The van der Waals surface area contributed by atoms with E-state index in [1.165, 1.54) is 0 Å². The molecule has 1 saturated carbocycles. The van der Waals surface area contributed by atoms with Gasteiger partial charge in [-0.15, -0.1) is 0 Å². The molecule has 3 N–H and O–H groups in total. The molecule has 0 atom stereocenters. The normalized spacial score (nSPS) is 16.5. The molecule has 0 aliphatic heterocycles. The van der Waals surface area contributed by atoms with E-state index in [1.54, 1.807) is 0 Å². The molecule has 21 heavy (non-hydrogen) atoms. The van der Waals surface area contributed by atoms with Crippen molar-refractivity contribution in [3.63, 3.8) is 0 Å². The minimum atomic E-state index is -4.24. The maximum absolute atomic E-state index is 13.8. The monoisotopic (exact) mass is 317 g/mol. The third-order valence-corrected chi connectivity index (χ3v) is 5.45. The molecule has 0 bridgehead atoms. The summed E-state index contributed by atoms with van der Waals surface area (Å²) in [5.74, 6) is -2.17. The summed E-state index contributed by atoms with van der Waals surface area (Å²) in [4.78, 5) is -0.712. The van der Waals surface area contributed by atoms with Crippen LogP contribution in [0.1, 0.15) is 25.7 Å². The van der Waals surface area contributed by atoms with Crippen molar-refractivity contribution in [3.05, 3.63) is 29.8 Å². The molecule has 0 aromatic heterocycles. The van der Waals surface area contributed by atoms with Crippen LogP contribution in [0.5, 0.6) is 0 Å². The second-order valence-corrected chi connectivity index (χ2v) is 6.95. The van der Waals surface area contributed by atoms with Gasteiger partial charge in [-0.3, -0.25) is 5.41 Å². The van der Waals surface area contributed by atoms with Crippen LogP contribution in [0.2, 0.25) is 0 Å². The van der Waals surface area contributed by atoms with Gasteiger partial charge in [-0.25, -0.2) is 17.2 Å². The largest absolute Gasteiger partial charge is 0.387 e. The first-order valence-electron chi connectivity index (χ1n) is 6.62. The lowest BCUT2D eigenvalue weighted by Crippen LogP contribution is -2.44. The molecule has 1 aliphatic carbocycles. The summed E-state index contributed by atoms with van der Waals surface area (Å²) < 4.78 is 53.3. The van der Waals surface area contributed by atoms with Crippen molar-refractivity contribution >= 4 is 15.9 Å². The quantitative estimate of drug-likeness (QED) is 0.641. The third-order valence-electron chi connectivity index (χ3n) is 3.54. The zero-order valence-electron chi connectivity index (χ0n) is 11.4. The predicted octanol–water partition coefficient (Wildman–Crippen LogP) is 1.83. The van der Waals surface area contributed by atoms with Crippen LogP contribution in [0.3, 0.4) is 0 Å². The molecule has 0 spiro atoms. The Kier molecular flexibility index (Phi) is 4.58. The van der Waals surface area contributed by atoms with Crippen LogP contribution in [0.15, 0.2) is 23.1 Å². The van der Waals surface area contributed by atoms with Crippen LogP contribution < -0.4 is 5.73 Å². The average Bonchev–Trinajstić information content (AvgIpc) is 2.92. The number of nitrogens with zero attached hydrogens (tertiary/aromatic N) is 1. The fourth-order valence-corrected chi connectivity index (χ4v) is 4.31. The summed E-state index contributed by atoms with van der Waals surface area (Å²) in [5, 5.41) is 7.33. The number of rotatable bonds is 5. The van der Waals surface area contributed by atoms with Crippen LogP contribution in [-0.4, -0.2) is 31.1 Å². The molecule has 0 amide bonds. The van der Waals surface area contributed by atoms with Gasteiger partial charge in [0.15, 0.2) is 0 Å². The number of amidine groups is 1. The topological polar surface area (TPSA) is 87.2 Å². The van der Waals surface area contributed by atoms with Gasteiger partial charge in [0.25, 0.3) is 0 Å². The first-order valence-corrected chi connectivity index (χ1v) is 8.06. The highest BCUT2D eigenvalue weighted by molar-refractivity contribution is 7.89. The zero-order valence-corrected chi connectivity index (χ0v) is 12.2. The second kappa shape index (κ2) is 6.07. The van der Waals surface area contributed by atoms with E-state index in [-0.39, 0.29) is 18.4 Å². The van der Waals surface area contributed by atoms with Gasteiger partial charge in [0, 0.05) is 6.04 Å². The molecule has 5 nitrogen and oxygen atoms in total. The molecule has 0 saturated heterocycles. The third kappa shape index (κ3) is 3.38. The number of halogens is 2. The maximum atomic E-state index is 13.8. The van der Waals surface area contributed by atoms with E-state index in [0.717, 1.165) is 29.3 Å². The van der Waals surface area contributed by atoms with Crippen LogP contribution in [0, 0.1) is 17.0 Å². The molecule has 1 aromatic rings. The summed E-state index contributed by atoms with van der Waals surface area (Å²) in [7, 11) is -4.24. The highest BCUT2D eigenvalue weighted by Crippen LogP contribution is 2.29. The van der Waals surface area contributed by atoms with Crippen molar-refractivity contribution in [1.82, 2.24) is 4.31 Å². The Balaban J connectivity index is 2.45. The van der Waals surface area contributed by atoms with Gasteiger partial charge < -0.3 is 5.73 Å². The zero-order chi connectivity index (χ0) is 15.6. The lowest BCUT2D eigenvalue weighted by atomic mass is 10.2. The molecule has 1 aliphatic rings. The molecular weight excluding hydrogens is 300 g/mol. The summed E-state index contributed by atoms with van der Waals surface area (Å²) >= 11 is 0. The van der Waals surface area contributed by atoms with Crippen LogP contribution in [-0.2, 0) is 10.0 Å². The van der Waals surface area contributed by atoms with Gasteiger partial charge in [0.1, 0.15) is 22.4 Å². The smallest absolute Gasteiger partial charge is 0.246 e. The van der Waals surface area contributed by atoms with Crippen molar-refractivity contribution < 1.29 is 17.2 Å².